The lowest BCUT2D eigenvalue weighted by Crippen LogP contribution is -2.39. The Kier molecular flexibility index (Phi) is 8.94. The van der Waals surface area contributed by atoms with Crippen LogP contribution in [0.5, 0.6) is 0 Å². The molecule has 0 unspecified atom stereocenters. The fourth-order valence-electron chi connectivity index (χ4n) is 3.95. The summed E-state index contributed by atoms with van der Waals surface area (Å²) in [5.74, 6) is -0.691. The number of amides is 1. The quantitative estimate of drug-likeness (QED) is 0.219. The van der Waals surface area contributed by atoms with E-state index in [1.807, 2.05) is 11.8 Å². The number of hydrogen-bond acceptors (Lipinski definition) is 8. The highest BCUT2D eigenvalue weighted by Gasteiger charge is 2.27. The average Bonchev–Trinajstić information content (AvgIpc) is 2.93. The number of benzene rings is 3. The van der Waals surface area contributed by atoms with Gasteiger partial charge in [0.15, 0.2) is 0 Å². The van der Waals surface area contributed by atoms with Crippen LogP contribution in [0.2, 0.25) is 0 Å². The summed E-state index contributed by atoms with van der Waals surface area (Å²) in [5, 5.41) is 15.3. The van der Waals surface area contributed by atoms with E-state index in [9.17, 15) is 23.3 Å². The third-order valence-electron chi connectivity index (χ3n) is 5.98. The standard InChI is InChI=1S/C26H26BrN5O6S/c1-19-2-9-24(10-3-19)39(36,37)31(22-6-4-21(27)5-7-22)18-26(33)29-28-17-20-16-23(32(34)35)8-11-25(20)30-12-14-38-15-13-30/h2-11,16-17H,12-15,18H2,1H3,(H,29,33)/b28-17-. The molecule has 0 aliphatic carbocycles. The molecule has 3 aromatic rings. The van der Waals surface area contributed by atoms with E-state index in [1.165, 1.54) is 30.5 Å². The van der Waals surface area contributed by atoms with Crippen LogP contribution in [0.4, 0.5) is 17.1 Å². The van der Waals surface area contributed by atoms with Gasteiger partial charge in [0.1, 0.15) is 6.54 Å². The molecule has 0 spiro atoms. The number of rotatable bonds is 9. The maximum absolute atomic E-state index is 13.5. The van der Waals surface area contributed by atoms with Crippen molar-refractivity contribution in [2.24, 2.45) is 5.10 Å². The molecule has 4 rings (SSSR count). The molecule has 204 valence electrons. The number of nitro benzene ring substituents is 1. The number of carbonyl (C=O) groups excluding carboxylic acids is 1. The Morgan fingerprint density at radius 2 is 1.79 bits per heavy atom. The molecule has 1 N–H and O–H groups in total. The number of anilines is 2. The molecule has 0 atom stereocenters. The van der Waals surface area contributed by atoms with E-state index in [0.717, 1.165) is 14.3 Å². The van der Waals surface area contributed by atoms with Crippen LogP contribution in [-0.2, 0) is 19.6 Å². The minimum Gasteiger partial charge on any atom is -0.378 e. The van der Waals surface area contributed by atoms with Crippen molar-refractivity contribution < 1.29 is 22.9 Å². The van der Waals surface area contributed by atoms with Gasteiger partial charge in [0.25, 0.3) is 21.6 Å². The normalized spacial score (nSPS) is 13.8. The van der Waals surface area contributed by atoms with Crippen molar-refractivity contribution in [2.75, 3.05) is 42.1 Å². The van der Waals surface area contributed by atoms with Crippen LogP contribution >= 0.6 is 15.9 Å². The van der Waals surface area contributed by atoms with Crippen molar-refractivity contribution in [3.05, 3.63) is 92.4 Å². The summed E-state index contributed by atoms with van der Waals surface area (Å²) in [6.45, 7) is 3.55. The second-order valence-electron chi connectivity index (χ2n) is 8.69. The summed E-state index contributed by atoms with van der Waals surface area (Å²) in [6, 6.07) is 17.3. The Bertz CT molecular complexity index is 1470. The number of carbonyl (C=O) groups is 1. The van der Waals surface area contributed by atoms with E-state index in [-0.39, 0.29) is 10.6 Å². The molecule has 1 aliphatic heterocycles. The zero-order valence-corrected chi connectivity index (χ0v) is 23.4. The summed E-state index contributed by atoms with van der Waals surface area (Å²) in [5.41, 5.74) is 4.57. The number of nitrogens with zero attached hydrogens (tertiary/aromatic N) is 4. The second-order valence-corrected chi connectivity index (χ2v) is 11.5. The van der Waals surface area contributed by atoms with Crippen LogP contribution in [0.15, 0.2) is 81.2 Å². The predicted molar refractivity (Wildman–Crippen MR) is 152 cm³/mol. The number of ether oxygens (including phenoxy) is 1. The molecule has 39 heavy (non-hydrogen) atoms. The van der Waals surface area contributed by atoms with E-state index in [1.54, 1.807) is 42.5 Å². The zero-order chi connectivity index (χ0) is 28.0. The Morgan fingerprint density at radius 1 is 1.13 bits per heavy atom. The SMILES string of the molecule is Cc1ccc(S(=O)(=O)N(CC(=O)N/N=C\c2cc([N+](=O)[O-])ccc2N2CCOCC2)c2ccc(Br)cc2)cc1. The number of non-ortho nitro benzene ring substituents is 1. The highest BCUT2D eigenvalue weighted by atomic mass is 79.9. The van der Waals surface area contributed by atoms with Gasteiger partial charge in [0.2, 0.25) is 0 Å². The molecule has 1 aliphatic rings. The van der Waals surface area contributed by atoms with Gasteiger partial charge in [-0.1, -0.05) is 33.6 Å². The van der Waals surface area contributed by atoms with Crippen molar-refractivity contribution in [1.29, 1.82) is 0 Å². The topological polar surface area (TPSA) is 134 Å². The average molecular weight is 616 g/mol. The minimum atomic E-state index is -4.08. The van der Waals surface area contributed by atoms with Crippen molar-refractivity contribution >= 4 is 55.1 Å². The van der Waals surface area contributed by atoms with Crippen LogP contribution in [-0.4, -0.2) is 58.3 Å². The molecule has 0 radical (unpaired) electrons. The first kappa shape index (κ1) is 28.2. The molecular weight excluding hydrogens is 590 g/mol. The zero-order valence-electron chi connectivity index (χ0n) is 21.0. The van der Waals surface area contributed by atoms with E-state index < -0.39 is 27.4 Å². The summed E-state index contributed by atoms with van der Waals surface area (Å²) < 4.78 is 34.1. The van der Waals surface area contributed by atoms with Crippen LogP contribution in [0.3, 0.4) is 0 Å². The first-order chi connectivity index (χ1) is 18.6. The van der Waals surface area contributed by atoms with Gasteiger partial charge in [0, 0.05) is 40.9 Å². The molecule has 0 saturated carbocycles. The number of halogens is 1. The lowest BCUT2D eigenvalue weighted by atomic mass is 10.1. The molecular formula is C26H26BrN5O6S. The number of nitro groups is 1. The third-order valence-corrected chi connectivity index (χ3v) is 8.29. The van der Waals surface area contributed by atoms with E-state index in [4.69, 9.17) is 4.74 Å². The molecule has 0 bridgehead atoms. The second kappa shape index (κ2) is 12.4. The first-order valence-electron chi connectivity index (χ1n) is 11.9. The lowest BCUT2D eigenvalue weighted by Gasteiger charge is -2.29. The van der Waals surface area contributed by atoms with Crippen LogP contribution in [0.25, 0.3) is 0 Å². The van der Waals surface area contributed by atoms with Crippen LogP contribution < -0.4 is 14.6 Å². The van der Waals surface area contributed by atoms with Gasteiger partial charge in [0.05, 0.1) is 34.9 Å². The largest absolute Gasteiger partial charge is 0.378 e. The van der Waals surface area contributed by atoms with Crippen molar-refractivity contribution in [3.63, 3.8) is 0 Å². The monoisotopic (exact) mass is 615 g/mol. The van der Waals surface area contributed by atoms with Gasteiger partial charge in [-0.05, 0) is 49.4 Å². The smallest absolute Gasteiger partial charge is 0.270 e. The van der Waals surface area contributed by atoms with Crippen molar-refractivity contribution in [1.82, 2.24) is 5.43 Å². The molecule has 1 saturated heterocycles. The third kappa shape index (κ3) is 6.99. The van der Waals surface area contributed by atoms with Crippen molar-refractivity contribution in [3.8, 4) is 0 Å². The molecule has 1 fully saturated rings. The molecule has 0 aromatic heterocycles. The molecule has 1 amide bonds. The van der Waals surface area contributed by atoms with Gasteiger partial charge in [-0.3, -0.25) is 19.2 Å². The highest BCUT2D eigenvalue weighted by Crippen LogP contribution is 2.27. The van der Waals surface area contributed by atoms with E-state index in [2.05, 4.69) is 26.5 Å². The number of hydrazone groups is 1. The van der Waals surface area contributed by atoms with Gasteiger partial charge in [-0.15, -0.1) is 0 Å². The van der Waals surface area contributed by atoms with E-state index >= 15 is 0 Å². The minimum absolute atomic E-state index is 0.0408. The fraction of sp³-hybridized carbons (Fsp3) is 0.231. The van der Waals surface area contributed by atoms with Gasteiger partial charge < -0.3 is 9.64 Å². The number of hydrogen-bond donors (Lipinski definition) is 1. The number of aryl methyl sites for hydroxylation is 1. The van der Waals surface area contributed by atoms with Crippen LogP contribution in [0.1, 0.15) is 11.1 Å². The van der Waals surface area contributed by atoms with E-state index in [0.29, 0.717) is 43.2 Å². The highest BCUT2D eigenvalue weighted by molar-refractivity contribution is 9.10. The summed E-state index contributed by atoms with van der Waals surface area (Å²) in [4.78, 5) is 25.8. The summed E-state index contributed by atoms with van der Waals surface area (Å²) in [6.07, 6.45) is 1.31. The number of morpholine rings is 1. The number of sulfonamides is 1. The Hall–Kier alpha value is -3.81. The predicted octanol–water partition coefficient (Wildman–Crippen LogP) is 3.85. The first-order valence-corrected chi connectivity index (χ1v) is 14.2. The van der Waals surface area contributed by atoms with Gasteiger partial charge in [-0.25, -0.2) is 13.8 Å². The Balaban J connectivity index is 1.57. The fourth-order valence-corrected chi connectivity index (χ4v) is 5.64. The molecule has 3 aromatic carbocycles. The summed E-state index contributed by atoms with van der Waals surface area (Å²) >= 11 is 3.33. The molecule has 11 nitrogen and oxygen atoms in total. The molecule has 1 heterocycles. The van der Waals surface area contributed by atoms with Gasteiger partial charge in [-0.2, -0.15) is 5.10 Å². The molecule has 13 heteroatoms. The number of nitrogens with one attached hydrogen (secondary N) is 1. The van der Waals surface area contributed by atoms with Crippen molar-refractivity contribution in [2.45, 2.75) is 11.8 Å². The maximum atomic E-state index is 13.5. The van der Waals surface area contributed by atoms with Gasteiger partial charge >= 0.3 is 0 Å². The summed E-state index contributed by atoms with van der Waals surface area (Å²) in [7, 11) is -4.08. The van der Waals surface area contributed by atoms with Crippen LogP contribution in [0, 0.1) is 17.0 Å². The lowest BCUT2D eigenvalue weighted by molar-refractivity contribution is -0.384. The Morgan fingerprint density at radius 3 is 2.44 bits per heavy atom. The maximum Gasteiger partial charge on any atom is 0.270 e. The Labute approximate surface area is 234 Å².